The topological polar surface area (TPSA) is 30.7 Å². The standard InChI is InChI=1S/C11H14BrN3/c1-7-9-8(12)5-15(11(2,3)4)10(9)14-6-13-7/h5-6H,1-4H3. The second-order valence-corrected chi connectivity index (χ2v) is 5.53. The lowest BCUT2D eigenvalue weighted by atomic mass is 10.1. The number of halogens is 1. The minimum atomic E-state index is 0.0328. The molecule has 0 aliphatic carbocycles. The lowest BCUT2D eigenvalue weighted by Gasteiger charge is -2.21. The van der Waals surface area contributed by atoms with E-state index in [4.69, 9.17) is 0 Å². The van der Waals surface area contributed by atoms with E-state index in [0.29, 0.717) is 0 Å². The number of aromatic nitrogens is 3. The van der Waals surface area contributed by atoms with Crippen LogP contribution in [0.2, 0.25) is 0 Å². The summed E-state index contributed by atoms with van der Waals surface area (Å²) in [7, 11) is 0. The highest BCUT2D eigenvalue weighted by atomic mass is 79.9. The van der Waals surface area contributed by atoms with E-state index in [-0.39, 0.29) is 5.54 Å². The molecule has 2 heterocycles. The maximum absolute atomic E-state index is 4.35. The van der Waals surface area contributed by atoms with Crippen LogP contribution in [-0.2, 0) is 5.54 Å². The number of hydrogen-bond acceptors (Lipinski definition) is 2. The molecule has 2 aromatic rings. The predicted octanol–water partition coefficient (Wildman–Crippen LogP) is 3.26. The van der Waals surface area contributed by atoms with Gasteiger partial charge in [0.1, 0.15) is 12.0 Å². The van der Waals surface area contributed by atoms with Gasteiger partial charge < -0.3 is 4.57 Å². The fourth-order valence-corrected chi connectivity index (χ4v) is 2.34. The minimum absolute atomic E-state index is 0.0328. The molecule has 0 aromatic carbocycles. The summed E-state index contributed by atoms with van der Waals surface area (Å²) in [6.45, 7) is 8.49. The molecular formula is C11H14BrN3. The van der Waals surface area contributed by atoms with Gasteiger partial charge >= 0.3 is 0 Å². The first-order valence-corrected chi connectivity index (χ1v) is 5.69. The molecule has 2 aromatic heterocycles. The average Bonchev–Trinajstić information content (AvgIpc) is 2.44. The van der Waals surface area contributed by atoms with Crippen molar-refractivity contribution in [1.82, 2.24) is 14.5 Å². The van der Waals surface area contributed by atoms with Crippen molar-refractivity contribution in [3.05, 3.63) is 22.7 Å². The summed E-state index contributed by atoms with van der Waals surface area (Å²) >= 11 is 3.56. The molecule has 4 heteroatoms. The number of fused-ring (bicyclic) bond motifs is 1. The summed E-state index contributed by atoms with van der Waals surface area (Å²) in [6, 6.07) is 0. The first-order valence-electron chi connectivity index (χ1n) is 4.90. The van der Waals surface area contributed by atoms with Crippen LogP contribution in [0, 0.1) is 6.92 Å². The molecule has 0 bridgehead atoms. The highest BCUT2D eigenvalue weighted by molar-refractivity contribution is 9.10. The van der Waals surface area contributed by atoms with E-state index in [1.807, 2.05) is 6.92 Å². The Morgan fingerprint density at radius 1 is 1.27 bits per heavy atom. The van der Waals surface area contributed by atoms with Gasteiger partial charge in [0, 0.05) is 16.2 Å². The summed E-state index contributed by atoms with van der Waals surface area (Å²) in [6.07, 6.45) is 3.69. The minimum Gasteiger partial charge on any atom is -0.326 e. The van der Waals surface area contributed by atoms with Gasteiger partial charge in [-0.3, -0.25) is 0 Å². The molecular weight excluding hydrogens is 254 g/mol. The van der Waals surface area contributed by atoms with E-state index < -0.39 is 0 Å². The first-order chi connectivity index (χ1) is 6.91. The Morgan fingerprint density at radius 2 is 1.93 bits per heavy atom. The molecule has 0 atom stereocenters. The lowest BCUT2D eigenvalue weighted by molar-refractivity contribution is 0.408. The Labute approximate surface area is 97.7 Å². The third kappa shape index (κ3) is 1.67. The van der Waals surface area contributed by atoms with Crippen molar-refractivity contribution in [3.8, 4) is 0 Å². The smallest absolute Gasteiger partial charge is 0.145 e. The van der Waals surface area contributed by atoms with Crippen molar-refractivity contribution in [2.45, 2.75) is 33.2 Å². The Kier molecular flexibility index (Phi) is 2.34. The van der Waals surface area contributed by atoms with Gasteiger partial charge in [-0.1, -0.05) is 0 Å². The second kappa shape index (κ2) is 3.30. The van der Waals surface area contributed by atoms with Crippen LogP contribution in [0.5, 0.6) is 0 Å². The Balaban J connectivity index is 2.85. The molecule has 0 saturated heterocycles. The van der Waals surface area contributed by atoms with E-state index in [0.717, 1.165) is 21.2 Å². The van der Waals surface area contributed by atoms with Gasteiger partial charge in [-0.2, -0.15) is 0 Å². The van der Waals surface area contributed by atoms with Crippen molar-refractivity contribution in [2.75, 3.05) is 0 Å². The molecule has 0 fully saturated rings. The largest absolute Gasteiger partial charge is 0.326 e. The second-order valence-electron chi connectivity index (χ2n) is 4.68. The molecule has 2 rings (SSSR count). The Bertz CT molecular complexity index is 508. The van der Waals surface area contributed by atoms with Crippen molar-refractivity contribution in [2.24, 2.45) is 0 Å². The van der Waals surface area contributed by atoms with E-state index >= 15 is 0 Å². The SMILES string of the molecule is Cc1ncnc2c1c(Br)cn2C(C)(C)C. The van der Waals surface area contributed by atoms with Gasteiger partial charge in [-0.15, -0.1) is 0 Å². The zero-order valence-electron chi connectivity index (χ0n) is 9.37. The van der Waals surface area contributed by atoms with Gasteiger partial charge in [0.05, 0.1) is 11.1 Å². The Morgan fingerprint density at radius 3 is 2.53 bits per heavy atom. The van der Waals surface area contributed by atoms with Crippen LogP contribution < -0.4 is 0 Å². The third-order valence-corrected chi connectivity index (χ3v) is 3.05. The molecule has 0 amide bonds. The monoisotopic (exact) mass is 267 g/mol. The van der Waals surface area contributed by atoms with Gasteiger partial charge in [-0.05, 0) is 43.6 Å². The highest BCUT2D eigenvalue weighted by Gasteiger charge is 2.19. The van der Waals surface area contributed by atoms with Gasteiger partial charge in [0.25, 0.3) is 0 Å². The van der Waals surface area contributed by atoms with Crippen molar-refractivity contribution in [1.29, 1.82) is 0 Å². The van der Waals surface area contributed by atoms with Crippen LogP contribution in [0.1, 0.15) is 26.5 Å². The van der Waals surface area contributed by atoms with E-state index in [1.54, 1.807) is 6.33 Å². The van der Waals surface area contributed by atoms with E-state index in [1.165, 1.54) is 0 Å². The fraction of sp³-hybridized carbons (Fsp3) is 0.455. The van der Waals surface area contributed by atoms with Crippen LogP contribution in [-0.4, -0.2) is 14.5 Å². The summed E-state index contributed by atoms with van der Waals surface area (Å²) in [5, 5.41) is 1.10. The maximum atomic E-state index is 4.35. The van der Waals surface area contributed by atoms with Crippen LogP contribution in [0.3, 0.4) is 0 Å². The zero-order chi connectivity index (χ0) is 11.2. The van der Waals surface area contributed by atoms with Crippen molar-refractivity contribution < 1.29 is 0 Å². The number of rotatable bonds is 0. The lowest BCUT2D eigenvalue weighted by Crippen LogP contribution is -2.20. The number of aryl methyl sites for hydroxylation is 1. The quantitative estimate of drug-likeness (QED) is 0.734. The molecule has 80 valence electrons. The van der Waals surface area contributed by atoms with Gasteiger partial charge in [-0.25, -0.2) is 9.97 Å². The van der Waals surface area contributed by atoms with Crippen LogP contribution >= 0.6 is 15.9 Å². The van der Waals surface area contributed by atoms with Crippen LogP contribution in [0.25, 0.3) is 11.0 Å². The molecule has 0 unspecified atom stereocenters. The maximum Gasteiger partial charge on any atom is 0.145 e. The predicted molar refractivity (Wildman–Crippen MR) is 65.0 cm³/mol. The van der Waals surface area contributed by atoms with Gasteiger partial charge in [0.15, 0.2) is 0 Å². The fourth-order valence-electron chi connectivity index (χ4n) is 1.67. The van der Waals surface area contributed by atoms with Crippen molar-refractivity contribution >= 4 is 27.0 Å². The van der Waals surface area contributed by atoms with Crippen molar-refractivity contribution in [3.63, 3.8) is 0 Å². The Hall–Kier alpha value is -0.900. The zero-order valence-corrected chi connectivity index (χ0v) is 11.0. The molecule has 0 aliphatic rings. The molecule has 0 aliphatic heterocycles. The molecule has 0 N–H and O–H groups in total. The normalized spacial score (nSPS) is 12.3. The highest BCUT2D eigenvalue weighted by Crippen LogP contribution is 2.30. The van der Waals surface area contributed by atoms with Crippen LogP contribution in [0.15, 0.2) is 17.0 Å². The summed E-state index contributed by atoms with van der Waals surface area (Å²) in [4.78, 5) is 8.56. The third-order valence-electron chi connectivity index (χ3n) is 2.45. The van der Waals surface area contributed by atoms with E-state index in [2.05, 4.69) is 57.4 Å². The molecule has 3 nitrogen and oxygen atoms in total. The summed E-state index contributed by atoms with van der Waals surface area (Å²) in [5.74, 6) is 0. The molecule has 0 saturated carbocycles. The van der Waals surface area contributed by atoms with Crippen LogP contribution in [0.4, 0.5) is 0 Å². The summed E-state index contributed by atoms with van der Waals surface area (Å²) < 4.78 is 3.23. The number of hydrogen-bond donors (Lipinski definition) is 0. The summed E-state index contributed by atoms with van der Waals surface area (Å²) in [5.41, 5.74) is 2.03. The number of nitrogens with zero attached hydrogens (tertiary/aromatic N) is 3. The molecule has 0 spiro atoms. The average molecular weight is 268 g/mol. The molecule has 15 heavy (non-hydrogen) atoms. The first kappa shape index (κ1) is 10.6. The molecule has 0 radical (unpaired) electrons. The van der Waals surface area contributed by atoms with E-state index in [9.17, 15) is 0 Å². The van der Waals surface area contributed by atoms with Gasteiger partial charge in [0.2, 0.25) is 0 Å².